The van der Waals surface area contributed by atoms with Crippen molar-refractivity contribution in [2.24, 2.45) is 0 Å². The molecule has 16 heavy (non-hydrogen) atoms. The Hall–Kier alpha value is -2.48. The summed E-state index contributed by atoms with van der Waals surface area (Å²) in [5, 5.41) is 8.61. The summed E-state index contributed by atoms with van der Waals surface area (Å²) >= 11 is 0. The van der Waals surface area contributed by atoms with Crippen molar-refractivity contribution in [1.82, 2.24) is 9.97 Å². The Morgan fingerprint density at radius 3 is 2.81 bits per heavy atom. The van der Waals surface area contributed by atoms with Gasteiger partial charge in [0.25, 0.3) is 0 Å². The highest BCUT2D eigenvalue weighted by Crippen LogP contribution is 2.20. The van der Waals surface area contributed by atoms with Crippen molar-refractivity contribution in [3.8, 4) is 17.8 Å². The van der Waals surface area contributed by atoms with Gasteiger partial charge < -0.3 is 4.74 Å². The predicted octanol–water partition coefficient (Wildman–Crippen LogP) is 2.28. The number of aromatic nitrogens is 2. The first-order chi connectivity index (χ1) is 7.79. The van der Waals surface area contributed by atoms with Gasteiger partial charge in [0.15, 0.2) is 11.6 Å². The second-order valence-corrected chi connectivity index (χ2v) is 2.87. The van der Waals surface area contributed by atoms with E-state index in [1.54, 1.807) is 12.1 Å². The van der Waals surface area contributed by atoms with E-state index in [2.05, 4.69) is 9.97 Å². The normalized spacial score (nSPS) is 9.50. The molecule has 2 rings (SSSR count). The molecule has 0 aliphatic rings. The van der Waals surface area contributed by atoms with Crippen LogP contribution >= 0.6 is 0 Å². The summed E-state index contributed by atoms with van der Waals surface area (Å²) in [6, 6.07) is 9.14. The van der Waals surface area contributed by atoms with Gasteiger partial charge >= 0.3 is 6.01 Å². The third-order valence-corrected chi connectivity index (χ3v) is 1.79. The van der Waals surface area contributed by atoms with Crippen molar-refractivity contribution in [1.29, 1.82) is 5.26 Å². The molecular formula is C11H6FN3O. The van der Waals surface area contributed by atoms with Crippen LogP contribution in [0.25, 0.3) is 0 Å². The van der Waals surface area contributed by atoms with Gasteiger partial charge in [0.1, 0.15) is 11.8 Å². The molecular weight excluding hydrogens is 209 g/mol. The number of para-hydroxylation sites is 1. The molecule has 0 N–H and O–H groups in total. The van der Waals surface area contributed by atoms with Crippen LogP contribution in [0.15, 0.2) is 36.5 Å². The minimum atomic E-state index is -0.506. The fourth-order valence-electron chi connectivity index (χ4n) is 1.08. The number of nitriles is 1. The Balaban J connectivity index is 2.28. The zero-order valence-corrected chi connectivity index (χ0v) is 8.09. The topological polar surface area (TPSA) is 58.8 Å². The Bertz CT molecular complexity index is 551. The van der Waals surface area contributed by atoms with E-state index in [0.29, 0.717) is 0 Å². The van der Waals surface area contributed by atoms with Crippen LogP contribution in [0.4, 0.5) is 4.39 Å². The van der Waals surface area contributed by atoms with E-state index in [1.807, 2.05) is 6.07 Å². The number of benzene rings is 1. The van der Waals surface area contributed by atoms with Gasteiger partial charge in [-0.1, -0.05) is 12.1 Å². The van der Waals surface area contributed by atoms with Crippen molar-refractivity contribution >= 4 is 0 Å². The van der Waals surface area contributed by atoms with Crippen molar-refractivity contribution in [3.05, 3.63) is 48.0 Å². The molecule has 0 bridgehead atoms. The van der Waals surface area contributed by atoms with Crippen LogP contribution in [0.2, 0.25) is 0 Å². The summed E-state index contributed by atoms with van der Waals surface area (Å²) in [5.74, 6) is -0.481. The highest BCUT2D eigenvalue weighted by Gasteiger charge is 2.05. The first-order valence-electron chi connectivity index (χ1n) is 4.45. The highest BCUT2D eigenvalue weighted by molar-refractivity contribution is 5.27. The lowest BCUT2D eigenvalue weighted by atomic mass is 10.3. The SMILES string of the molecule is N#Cc1ccnc(Oc2ccccc2F)n1. The number of rotatable bonds is 2. The smallest absolute Gasteiger partial charge is 0.323 e. The molecule has 0 saturated carbocycles. The van der Waals surface area contributed by atoms with Gasteiger partial charge in [-0.05, 0) is 18.2 Å². The summed E-state index contributed by atoms with van der Waals surface area (Å²) in [6.45, 7) is 0. The van der Waals surface area contributed by atoms with Crippen LogP contribution in [-0.2, 0) is 0 Å². The Morgan fingerprint density at radius 2 is 2.06 bits per heavy atom. The van der Waals surface area contributed by atoms with Crippen LogP contribution in [-0.4, -0.2) is 9.97 Å². The molecule has 1 aromatic carbocycles. The summed E-state index contributed by atoms with van der Waals surface area (Å²) < 4.78 is 18.3. The van der Waals surface area contributed by atoms with E-state index in [1.165, 1.54) is 24.4 Å². The van der Waals surface area contributed by atoms with Crippen LogP contribution in [0.5, 0.6) is 11.8 Å². The maximum absolute atomic E-state index is 13.2. The molecule has 1 aromatic heterocycles. The summed E-state index contributed by atoms with van der Waals surface area (Å²) in [5.41, 5.74) is 0.168. The quantitative estimate of drug-likeness (QED) is 0.771. The van der Waals surface area contributed by atoms with Gasteiger partial charge in [-0.15, -0.1) is 0 Å². The molecule has 0 aliphatic heterocycles. The van der Waals surface area contributed by atoms with Crippen LogP contribution in [0.3, 0.4) is 0 Å². The average Bonchev–Trinajstić information content (AvgIpc) is 2.32. The number of ether oxygens (including phenoxy) is 1. The van der Waals surface area contributed by atoms with Gasteiger partial charge in [0.2, 0.25) is 0 Å². The fourth-order valence-corrected chi connectivity index (χ4v) is 1.08. The lowest BCUT2D eigenvalue weighted by Crippen LogP contribution is -1.94. The first-order valence-corrected chi connectivity index (χ1v) is 4.45. The van der Waals surface area contributed by atoms with E-state index >= 15 is 0 Å². The highest BCUT2D eigenvalue weighted by atomic mass is 19.1. The number of halogens is 1. The fraction of sp³-hybridized carbons (Fsp3) is 0. The Labute approximate surface area is 91.0 Å². The molecule has 0 unspecified atom stereocenters. The second kappa shape index (κ2) is 4.36. The number of hydrogen-bond acceptors (Lipinski definition) is 4. The van der Waals surface area contributed by atoms with Gasteiger partial charge in [0.05, 0.1) is 0 Å². The monoisotopic (exact) mass is 215 g/mol. The maximum Gasteiger partial charge on any atom is 0.323 e. The van der Waals surface area contributed by atoms with E-state index in [4.69, 9.17) is 10.00 Å². The molecule has 0 amide bonds. The van der Waals surface area contributed by atoms with Crippen LogP contribution < -0.4 is 4.74 Å². The van der Waals surface area contributed by atoms with Gasteiger partial charge in [0, 0.05) is 6.20 Å². The average molecular weight is 215 g/mol. The van der Waals surface area contributed by atoms with E-state index in [-0.39, 0.29) is 17.5 Å². The van der Waals surface area contributed by atoms with E-state index in [0.717, 1.165) is 0 Å². The lowest BCUT2D eigenvalue weighted by molar-refractivity contribution is 0.410. The molecule has 1 heterocycles. The molecule has 0 aliphatic carbocycles. The van der Waals surface area contributed by atoms with Crippen LogP contribution in [0.1, 0.15) is 5.69 Å². The zero-order chi connectivity index (χ0) is 11.4. The predicted molar refractivity (Wildman–Crippen MR) is 53.2 cm³/mol. The van der Waals surface area contributed by atoms with Gasteiger partial charge in [-0.2, -0.15) is 10.2 Å². The van der Waals surface area contributed by atoms with Crippen molar-refractivity contribution in [2.45, 2.75) is 0 Å². The molecule has 78 valence electrons. The Kier molecular flexibility index (Phi) is 2.74. The molecule has 0 spiro atoms. The molecule has 5 heteroatoms. The molecule has 0 saturated heterocycles. The van der Waals surface area contributed by atoms with Crippen LogP contribution in [0, 0.1) is 17.1 Å². The minimum Gasteiger partial charge on any atom is -0.421 e. The third-order valence-electron chi connectivity index (χ3n) is 1.79. The number of hydrogen-bond donors (Lipinski definition) is 0. The second-order valence-electron chi connectivity index (χ2n) is 2.87. The van der Waals surface area contributed by atoms with Gasteiger partial charge in [-0.3, -0.25) is 0 Å². The molecule has 0 radical (unpaired) electrons. The standard InChI is InChI=1S/C11H6FN3O/c12-9-3-1-2-4-10(9)16-11-14-6-5-8(7-13)15-11/h1-6H. The maximum atomic E-state index is 13.2. The lowest BCUT2D eigenvalue weighted by Gasteiger charge is -2.03. The molecule has 2 aromatic rings. The Morgan fingerprint density at radius 1 is 1.25 bits per heavy atom. The summed E-state index contributed by atoms with van der Waals surface area (Å²) in [6.07, 6.45) is 1.38. The van der Waals surface area contributed by atoms with Crippen molar-refractivity contribution in [3.63, 3.8) is 0 Å². The van der Waals surface area contributed by atoms with Crippen molar-refractivity contribution in [2.75, 3.05) is 0 Å². The minimum absolute atomic E-state index is 0.0255. The molecule has 0 atom stereocenters. The first kappa shape index (κ1) is 10.1. The summed E-state index contributed by atoms with van der Waals surface area (Å²) in [4.78, 5) is 7.54. The largest absolute Gasteiger partial charge is 0.421 e. The molecule has 0 fully saturated rings. The van der Waals surface area contributed by atoms with Crippen molar-refractivity contribution < 1.29 is 9.13 Å². The molecule has 4 nitrogen and oxygen atoms in total. The van der Waals surface area contributed by atoms with E-state index in [9.17, 15) is 4.39 Å². The zero-order valence-electron chi connectivity index (χ0n) is 8.09. The van der Waals surface area contributed by atoms with E-state index < -0.39 is 5.82 Å². The third kappa shape index (κ3) is 2.12. The van der Waals surface area contributed by atoms with Gasteiger partial charge in [-0.25, -0.2) is 9.37 Å². The summed E-state index contributed by atoms with van der Waals surface area (Å²) in [7, 11) is 0. The number of nitrogens with zero attached hydrogens (tertiary/aromatic N) is 3.